The zero-order valence-corrected chi connectivity index (χ0v) is 12.1. The number of nitrogens with one attached hydrogen (secondary N) is 1. The molecular weight excluding hydrogens is 306 g/mol. The Morgan fingerprint density at radius 2 is 2.19 bits per heavy atom. The molecule has 4 N–H and O–H groups in total. The number of nitrogens with two attached hydrogens (primary N) is 1. The van der Waals surface area contributed by atoms with Crippen molar-refractivity contribution in [3.8, 4) is 0 Å². The lowest BCUT2D eigenvalue weighted by Crippen LogP contribution is -2.47. The van der Waals surface area contributed by atoms with Crippen LogP contribution >= 0.6 is 0 Å². The van der Waals surface area contributed by atoms with Gasteiger partial charge in [0.2, 0.25) is 10.0 Å². The first-order valence-corrected chi connectivity index (χ1v) is 7.72. The Morgan fingerprint density at radius 1 is 1.52 bits per heavy atom. The molecule has 1 aliphatic rings. The largest absolute Gasteiger partial charge is 0.399 e. The van der Waals surface area contributed by atoms with E-state index in [0.717, 1.165) is 6.07 Å². The summed E-state index contributed by atoms with van der Waals surface area (Å²) in [5.74, 6) is -2.87. The molecule has 2 atom stereocenters. The summed E-state index contributed by atoms with van der Waals surface area (Å²) in [5, 5.41) is 10.2. The van der Waals surface area contributed by atoms with Crippen LogP contribution in [0.5, 0.6) is 0 Å². The Hall–Kier alpha value is -1.29. The molecule has 0 aromatic heterocycles. The van der Waals surface area contributed by atoms with Gasteiger partial charge in [-0.3, -0.25) is 0 Å². The minimum Gasteiger partial charge on any atom is -0.399 e. The van der Waals surface area contributed by atoms with E-state index in [1.54, 1.807) is 6.92 Å². The van der Waals surface area contributed by atoms with E-state index in [2.05, 4.69) is 4.72 Å². The van der Waals surface area contributed by atoms with Gasteiger partial charge in [-0.15, -0.1) is 0 Å². The molecule has 0 aliphatic carbocycles. The van der Waals surface area contributed by atoms with E-state index >= 15 is 0 Å². The van der Waals surface area contributed by atoms with Gasteiger partial charge in [-0.25, -0.2) is 21.9 Å². The minimum absolute atomic E-state index is 0.217. The van der Waals surface area contributed by atoms with Gasteiger partial charge in [0.1, 0.15) is 10.5 Å². The molecule has 0 spiro atoms. The fourth-order valence-corrected chi connectivity index (χ4v) is 3.30. The first-order valence-electron chi connectivity index (χ1n) is 6.24. The fraction of sp³-hybridized carbons (Fsp3) is 0.500. The van der Waals surface area contributed by atoms with Gasteiger partial charge < -0.3 is 15.6 Å². The van der Waals surface area contributed by atoms with Crippen molar-refractivity contribution in [2.24, 2.45) is 0 Å². The van der Waals surface area contributed by atoms with Crippen LogP contribution in [0.4, 0.5) is 14.5 Å². The average Bonchev–Trinajstić information content (AvgIpc) is 2.72. The summed E-state index contributed by atoms with van der Waals surface area (Å²) in [6.45, 7) is 1.52. The maximum absolute atomic E-state index is 13.6. The van der Waals surface area contributed by atoms with Crippen molar-refractivity contribution in [2.45, 2.75) is 29.9 Å². The Labute approximate surface area is 121 Å². The average molecular weight is 322 g/mol. The lowest BCUT2D eigenvalue weighted by molar-refractivity contribution is -0.0228. The van der Waals surface area contributed by atoms with Crippen LogP contribution in [0.1, 0.15) is 13.3 Å². The molecule has 2 rings (SSSR count). The quantitative estimate of drug-likeness (QED) is 0.695. The summed E-state index contributed by atoms with van der Waals surface area (Å²) in [5.41, 5.74) is 3.72. The first-order chi connectivity index (χ1) is 9.66. The molecule has 118 valence electrons. The summed E-state index contributed by atoms with van der Waals surface area (Å²) in [6.07, 6.45) is -0.326. The molecule has 1 aromatic rings. The SMILES string of the molecule is CC1OCCC1(O)CNS(=O)(=O)c1cc(N)cc(F)c1F. The highest BCUT2D eigenvalue weighted by Crippen LogP contribution is 2.26. The molecule has 6 nitrogen and oxygen atoms in total. The normalized spacial score (nSPS) is 26.2. The third-order valence-corrected chi connectivity index (χ3v) is 4.94. The lowest BCUT2D eigenvalue weighted by atomic mass is 9.97. The van der Waals surface area contributed by atoms with Gasteiger partial charge in [0.05, 0.1) is 6.10 Å². The molecule has 1 aromatic carbocycles. The minimum atomic E-state index is -4.35. The highest BCUT2D eigenvalue weighted by molar-refractivity contribution is 7.89. The van der Waals surface area contributed by atoms with Gasteiger partial charge in [0.25, 0.3) is 0 Å². The molecule has 1 fully saturated rings. The lowest BCUT2D eigenvalue weighted by Gasteiger charge is -2.26. The van der Waals surface area contributed by atoms with E-state index in [1.165, 1.54) is 0 Å². The van der Waals surface area contributed by atoms with Crippen LogP contribution in [0.25, 0.3) is 0 Å². The number of sulfonamides is 1. The second-order valence-corrected chi connectivity index (χ2v) is 6.74. The smallest absolute Gasteiger partial charge is 0.243 e. The Bertz CT molecular complexity index is 653. The number of anilines is 1. The van der Waals surface area contributed by atoms with Gasteiger partial charge in [-0.05, 0) is 19.1 Å². The predicted octanol–water partition coefficient (Wildman–Crippen LogP) is 0.365. The molecule has 9 heteroatoms. The molecule has 1 heterocycles. The number of hydrogen-bond donors (Lipinski definition) is 3. The van der Waals surface area contributed by atoms with Crippen molar-refractivity contribution >= 4 is 15.7 Å². The number of ether oxygens (including phenoxy) is 1. The summed E-state index contributed by atoms with van der Waals surface area (Å²) in [7, 11) is -4.35. The van der Waals surface area contributed by atoms with E-state index in [0.29, 0.717) is 12.7 Å². The van der Waals surface area contributed by atoms with Crippen molar-refractivity contribution in [3.63, 3.8) is 0 Å². The van der Waals surface area contributed by atoms with Crippen molar-refractivity contribution in [1.82, 2.24) is 4.72 Å². The third-order valence-electron chi connectivity index (χ3n) is 3.53. The van der Waals surface area contributed by atoms with Crippen LogP contribution in [0.3, 0.4) is 0 Å². The van der Waals surface area contributed by atoms with Gasteiger partial charge in [-0.1, -0.05) is 0 Å². The summed E-state index contributed by atoms with van der Waals surface area (Å²) < 4.78 is 58.1. The molecule has 1 aliphatic heterocycles. The molecule has 0 radical (unpaired) electrons. The number of nitrogen functional groups attached to an aromatic ring is 1. The van der Waals surface area contributed by atoms with E-state index in [4.69, 9.17) is 10.5 Å². The van der Waals surface area contributed by atoms with Crippen molar-refractivity contribution in [3.05, 3.63) is 23.8 Å². The van der Waals surface area contributed by atoms with Gasteiger partial charge in [0.15, 0.2) is 11.6 Å². The number of hydrogen-bond acceptors (Lipinski definition) is 5. The fourth-order valence-electron chi connectivity index (χ4n) is 2.08. The highest BCUT2D eigenvalue weighted by atomic mass is 32.2. The predicted molar refractivity (Wildman–Crippen MR) is 70.9 cm³/mol. The Balaban J connectivity index is 2.24. The molecule has 21 heavy (non-hydrogen) atoms. The number of aliphatic hydroxyl groups is 1. The first kappa shape index (κ1) is 16.1. The molecular formula is C12H16F2N2O4S. The van der Waals surface area contributed by atoms with Crippen LogP contribution in [0.15, 0.2) is 17.0 Å². The summed E-state index contributed by atoms with van der Waals surface area (Å²) in [6, 6.07) is 1.51. The molecule has 1 saturated heterocycles. The Kier molecular flexibility index (Phi) is 4.20. The van der Waals surface area contributed by atoms with Crippen LogP contribution in [0.2, 0.25) is 0 Å². The monoisotopic (exact) mass is 322 g/mol. The topological polar surface area (TPSA) is 102 Å². The van der Waals surface area contributed by atoms with Gasteiger partial charge in [0, 0.05) is 25.3 Å². The van der Waals surface area contributed by atoms with Crippen molar-refractivity contribution in [2.75, 3.05) is 18.9 Å². The van der Waals surface area contributed by atoms with Gasteiger partial charge >= 0.3 is 0 Å². The summed E-state index contributed by atoms with van der Waals surface area (Å²) in [4.78, 5) is -0.893. The zero-order chi connectivity index (χ0) is 15.8. The molecule has 0 saturated carbocycles. The molecule has 0 bridgehead atoms. The summed E-state index contributed by atoms with van der Waals surface area (Å²) >= 11 is 0. The molecule has 0 amide bonds. The van der Waals surface area contributed by atoms with E-state index in [1.807, 2.05) is 0 Å². The maximum atomic E-state index is 13.6. The Morgan fingerprint density at radius 3 is 2.76 bits per heavy atom. The van der Waals surface area contributed by atoms with Crippen LogP contribution in [-0.4, -0.2) is 38.4 Å². The second kappa shape index (κ2) is 5.48. The van der Waals surface area contributed by atoms with Crippen molar-refractivity contribution < 1.29 is 27.0 Å². The van der Waals surface area contributed by atoms with E-state index in [-0.39, 0.29) is 18.7 Å². The number of rotatable bonds is 4. The number of halogens is 2. The standard InChI is InChI=1S/C12H16F2N2O4S/c1-7-12(17,2-3-20-7)6-16-21(18,19)10-5-8(15)4-9(13)11(10)14/h4-5,7,16-17H,2-3,6,15H2,1H3. The highest BCUT2D eigenvalue weighted by Gasteiger charge is 2.40. The molecule has 2 unspecified atom stereocenters. The second-order valence-electron chi connectivity index (χ2n) is 5.01. The van der Waals surface area contributed by atoms with E-state index in [9.17, 15) is 22.3 Å². The van der Waals surface area contributed by atoms with E-state index < -0.39 is 38.3 Å². The third kappa shape index (κ3) is 3.15. The maximum Gasteiger partial charge on any atom is 0.243 e. The van der Waals surface area contributed by atoms with Crippen LogP contribution in [-0.2, 0) is 14.8 Å². The van der Waals surface area contributed by atoms with Crippen LogP contribution < -0.4 is 10.5 Å². The van der Waals surface area contributed by atoms with Gasteiger partial charge in [-0.2, -0.15) is 0 Å². The number of benzene rings is 1. The zero-order valence-electron chi connectivity index (χ0n) is 11.3. The van der Waals surface area contributed by atoms with Crippen molar-refractivity contribution in [1.29, 1.82) is 0 Å². The van der Waals surface area contributed by atoms with Crippen LogP contribution in [0, 0.1) is 11.6 Å².